The fourth-order valence-electron chi connectivity index (χ4n) is 4.59. The predicted molar refractivity (Wildman–Crippen MR) is 135 cm³/mol. The highest BCUT2D eigenvalue weighted by molar-refractivity contribution is 6.46. The summed E-state index contributed by atoms with van der Waals surface area (Å²) < 4.78 is 10.5. The van der Waals surface area contributed by atoms with Crippen molar-refractivity contribution in [2.75, 3.05) is 20.8 Å². The Hall–Kier alpha value is -4.59. The lowest BCUT2D eigenvalue weighted by Gasteiger charge is -2.24. The molecule has 1 aliphatic rings. The van der Waals surface area contributed by atoms with E-state index in [1.165, 1.54) is 4.90 Å². The number of aliphatic hydroxyl groups excluding tert-OH is 1. The number of Topliss-reactive ketones (excluding diaryl/α,β-unsaturated/α-hetero) is 1. The van der Waals surface area contributed by atoms with Crippen LogP contribution in [-0.4, -0.2) is 52.4 Å². The smallest absolute Gasteiger partial charge is 0.295 e. The molecule has 0 saturated carbocycles. The Kier molecular flexibility index (Phi) is 6.16. The summed E-state index contributed by atoms with van der Waals surface area (Å²) in [7, 11) is 3.16. The first-order chi connectivity index (χ1) is 17.5. The van der Waals surface area contributed by atoms with Gasteiger partial charge in [-0.05, 0) is 66.6 Å². The van der Waals surface area contributed by atoms with Gasteiger partial charge in [-0.1, -0.05) is 6.07 Å². The molecule has 5 rings (SSSR count). The maximum absolute atomic E-state index is 13.2. The molecule has 0 aliphatic carbocycles. The number of fused-ring (bicyclic) bond motifs is 1. The van der Waals surface area contributed by atoms with E-state index in [0.29, 0.717) is 23.4 Å². The average molecular weight is 484 g/mol. The standard InChI is InChI=1S/C28H25N3O5/c1-35-19-8-6-17(7-9-19)26(32)24-25(23-5-3-4-13-29-23)31(28(34)27(24)33)14-12-18-16-30-22-11-10-20(36-2)15-21(18)22/h3-11,13,15-16,25,30,32H,12,14H2,1-2H3/b26-24-. The monoisotopic (exact) mass is 483 g/mol. The Bertz CT molecular complexity index is 1460. The van der Waals surface area contributed by atoms with Gasteiger partial charge >= 0.3 is 0 Å². The zero-order valence-electron chi connectivity index (χ0n) is 19.9. The molecule has 4 aromatic rings. The fourth-order valence-corrected chi connectivity index (χ4v) is 4.59. The van der Waals surface area contributed by atoms with E-state index < -0.39 is 17.7 Å². The number of ketones is 1. The number of carbonyl (C=O) groups is 2. The van der Waals surface area contributed by atoms with Crippen LogP contribution in [0.1, 0.15) is 22.9 Å². The van der Waals surface area contributed by atoms with Gasteiger partial charge in [0, 0.05) is 35.4 Å². The molecule has 0 bridgehead atoms. The third-order valence-electron chi connectivity index (χ3n) is 6.47. The minimum absolute atomic E-state index is 0.0180. The number of nitrogens with one attached hydrogen (secondary N) is 1. The SMILES string of the molecule is COc1ccc(/C(O)=C2/C(=O)C(=O)N(CCc3c[nH]c4ccc(OC)cc34)C2c2ccccn2)cc1. The Morgan fingerprint density at radius 2 is 1.78 bits per heavy atom. The molecule has 8 heteroatoms. The summed E-state index contributed by atoms with van der Waals surface area (Å²) in [5, 5.41) is 12.1. The highest BCUT2D eigenvalue weighted by Crippen LogP contribution is 2.39. The van der Waals surface area contributed by atoms with Crippen molar-refractivity contribution < 1.29 is 24.2 Å². The predicted octanol–water partition coefficient (Wildman–Crippen LogP) is 4.24. The van der Waals surface area contributed by atoms with Gasteiger partial charge in [0.05, 0.1) is 25.5 Å². The molecule has 1 fully saturated rings. The number of amides is 1. The first kappa shape index (κ1) is 23.2. The van der Waals surface area contributed by atoms with Crippen LogP contribution in [0.5, 0.6) is 11.5 Å². The second-order valence-electron chi connectivity index (χ2n) is 8.45. The molecule has 2 aromatic carbocycles. The number of hydrogen-bond acceptors (Lipinski definition) is 6. The Morgan fingerprint density at radius 3 is 2.47 bits per heavy atom. The second-order valence-corrected chi connectivity index (χ2v) is 8.45. The van der Waals surface area contributed by atoms with Crippen LogP contribution >= 0.6 is 0 Å². The summed E-state index contributed by atoms with van der Waals surface area (Å²) >= 11 is 0. The Labute approximate surface area is 207 Å². The normalized spacial score (nSPS) is 17.1. The number of aliphatic hydroxyl groups is 1. The van der Waals surface area contributed by atoms with Crippen molar-refractivity contribution in [3.8, 4) is 11.5 Å². The van der Waals surface area contributed by atoms with Crippen molar-refractivity contribution in [2.24, 2.45) is 0 Å². The lowest BCUT2D eigenvalue weighted by Crippen LogP contribution is -2.32. The lowest BCUT2D eigenvalue weighted by atomic mass is 9.98. The molecule has 1 atom stereocenters. The topological polar surface area (TPSA) is 105 Å². The van der Waals surface area contributed by atoms with Gasteiger partial charge < -0.3 is 24.5 Å². The summed E-state index contributed by atoms with van der Waals surface area (Å²) in [5.41, 5.74) is 2.88. The summed E-state index contributed by atoms with van der Waals surface area (Å²) in [6.07, 6.45) is 3.99. The largest absolute Gasteiger partial charge is 0.507 e. The molecule has 8 nitrogen and oxygen atoms in total. The molecule has 36 heavy (non-hydrogen) atoms. The van der Waals surface area contributed by atoms with Crippen molar-refractivity contribution in [1.82, 2.24) is 14.9 Å². The molecule has 3 heterocycles. The van der Waals surface area contributed by atoms with Crippen LogP contribution < -0.4 is 9.47 Å². The van der Waals surface area contributed by atoms with Crippen LogP contribution in [0, 0.1) is 0 Å². The number of pyridine rings is 1. The number of rotatable bonds is 7. The van der Waals surface area contributed by atoms with Gasteiger partial charge in [-0.15, -0.1) is 0 Å². The number of likely N-dealkylation sites (tertiary alicyclic amines) is 1. The number of carbonyl (C=O) groups excluding carboxylic acids is 2. The molecule has 1 aliphatic heterocycles. The Morgan fingerprint density at radius 1 is 1.03 bits per heavy atom. The first-order valence-corrected chi connectivity index (χ1v) is 11.5. The summed E-state index contributed by atoms with van der Waals surface area (Å²) in [4.78, 5) is 35.6. The molecule has 2 N–H and O–H groups in total. The molecule has 1 saturated heterocycles. The van der Waals surface area contributed by atoms with E-state index in [1.807, 2.05) is 24.4 Å². The molecule has 0 spiro atoms. The summed E-state index contributed by atoms with van der Waals surface area (Å²) in [6.45, 7) is 0.259. The van der Waals surface area contributed by atoms with Crippen LogP contribution in [-0.2, 0) is 16.0 Å². The van der Waals surface area contributed by atoms with Crippen LogP contribution in [0.3, 0.4) is 0 Å². The molecule has 0 radical (unpaired) electrons. The van der Waals surface area contributed by atoms with Crippen molar-refractivity contribution in [1.29, 1.82) is 0 Å². The molecular weight excluding hydrogens is 458 g/mol. The highest BCUT2D eigenvalue weighted by Gasteiger charge is 2.46. The van der Waals surface area contributed by atoms with E-state index in [1.54, 1.807) is 62.9 Å². The number of H-pyrrole nitrogens is 1. The van der Waals surface area contributed by atoms with Crippen LogP contribution in [0.2, 0.25) is 0 Å². The van der Waals surface area contributed by atoms with E-state index >= 15 is 0 Å². The average Bonchev–Trinajstić information content (AvgIpc) is 3.44. The minimum Gasteiger partial charge on any atom is -0.507 e. The van der Waals surface area contributed by atoms with Gasteiger partial charge in [0.2, 0.25) is 0 Å². The van der Waals surface area contributed by atoms with E-state index in [0.717, 1.165) is 22.2 Å². The van der Waals surface area contributed by atoms with Gasteiger partial charge in [-0.2, -0.15) is 0 Å². The van der Waals surface area contributed by atoms with Crippen molar-refractivity contribution in [3.63, 3.8) is 0 Å². The third-order valence-corrected chi connectivity index (χ3v) is 6.47. The summed E-state index contributed by atoms with van der Waals surface area (Å²) in [5.74, 6) is -0.302. The van der Waals surface area contributed by atoms with E-state index in [2.05, 4.69) is 9.97 Å². The minimum atomic E-state index is -0.812. The van der Waals surface area contributed by atoms with Gasteiger partial charge in [0.1, 0.15) is 23.3 Å². The molecule has 1 unspecified atom stereocenters. The second kappa shape index (κ2) is 9.58. The van der Waals surface area contributed by atoms with Gasteiger partial charge in [0.25, 0.3) is 11.7 Å². The fraction of sp³-hybridized carbons (Fsp3) is 0.179. The molecule has 182 valence electrons. The van der Waals surface area contributed by atoms with E-state index in [-0.39, 0.29) is 17.9 Å². The van der Waals surface area contributed by atoms with Gasteiger partial charge in [-0.3, -0.25) is 14.6 Å². The maximum atomic E-state index is 13.2. The van der Waals surface area contributed by atoms with Crippen molar-refractivity contribution in [3.05, 3.63) is 95.5 Å². The lowest BCUT2D eigenvalue weighted by molar-refractivity contribution is -0.139. The molecule has 1 amide bonds. The van der Waals surface area contributed by atoms with Crippen molar-refractivity contribution in [2.45, 2.75) is 12.5 Å². The number of aromatic amines is 1. The Balaban J connectivity index is 1.53. The molecule has 2 aromatic heterocycles. The molecular formula is C28H25N3O5. The van der Waals surface area contributed by atoms with Crippen LogP contribution in [0.4, 0.5) is 0 Å². The van der Waals surface area contributed by atoms with Crippen LogP contribution in [0.25, 0.3) is 16.7 Å². The summed E-state index contributed by atoms with van der Waals surface area (Å²) in [6, 6.07) is 16.9. The van der Waals surface area contributed by atoms with E-state index in [9.17, 15) is 14.7 Å². The number of hydrogen-bond donors (Lipinski definition) is 2. The van der Waals surface area contributed by atoms with Crippen molar-refractivity contribution >= 4 is 28.4 Å². The van der Waals surface area contributed by atoms with Crippen LogP contribution in [0.15, 0.2) is 78.6 Å². The highest BCUT2D eigenvalue weighted by atomic mass is 16.5. The number of benzene rings is 2. The number of ether oxygens (including phenoxy) is 2. The number of methoxy groups -OCH3 is 2. The number of aromatic nitrogens is 2. The van der Waals surface area contributed by atoms with E-state index in [4.69, 9.17) is 9.47 Å². The quantitative estimate of drug-likeness (QED) is 0.231. The van der Waals surface area contributed by atoms with Gasteiger partial charge in [0.15, 0.2) is 0 Å². The first-order valence-electron chi connectivity index (χ1n) is 11.5. The zero-order valence-corrected chi connectivity index (χ0v) is 19.9. The maximum Gasteiger partial charge on any atom is 0.295 e. The van der Waals surface area contributed by atoms with Gasteiger partial charge in [-0.25, -0.2) is 0 Å². The zero-order chi connectivity index (χ0) is 25.2. The number of nitrogens with zero attached hydrogens (tertiary/aromatic N) is 2. The third kappa shape index (κ3) is 4.07.